The number of thiophene rings is 1. The summed E-state index contributed by atoms with van der Waals surface area (Å²) < 4.78 is 26.7. The first-order valence-electron chi connectivity index (χ1n) is 5.65. The van der Waals surface area contributed by atoms with Crippen LogP contribution in [0.25, 0.3) is 0 Å². The van der Waals surface area contributed by atoms with Crippen molar-refractivity contribution in [2.24, 2.45) is 0 Å². The van der Waals surface area contributed by atoms with Crippen LogP contribution in [-0.4, -0.2) is 24.5 Å². The zero-order valence-electron chi connectivity index (χ0n) is 10.5. The van der Waals surface area contributed by atoms with Crippen LogP contribution in [-0.2, 0) is 10.0 Å². The Morgan fingerprint density at radius 2 is 2.15 bits per heavy atom. The van der Waals surface area contributed by atoms with E-state index in [9.17, 15) is 13.2 Å². The standard InChI is InChI=1S/C12H12N2O4S2/c1-8(10-3-2-6-19-10)14-20(17,18)11-5-4-9(7-13-11)12(15)16/h2-8,14H,1H3,(H,15,16). The van der Waals surface area contributed by atoms with Crippen molar-refractivity contribution in [2.45, 2.75) is 18.0 Å². The van der Waals surface area contributed by atoms with Crippen molar-refractivity contribution < 1.29 is 18.3 Å². The predicted molar refractivity (Wildman–Crippen MR) is 74.3 cm³/mol. The molecular weight excluding hydrogens is 300 g/mol. The molecular formula is C12H12N2O4S2. The summed E-state index contributed by atoms with van der Waals surface area (Å²) in [6.07, 6.45) is 1.02. The van der Waals surface area contributed by atoms with Crippen molar-refractivity contribution in [3.05, 3.63) is 46.3 Å². The smallest absolute Gasteiger partial charge is 0.337 e. The van der Waals surface area contributed by atoms with Gasteiger partial charge in [-0.3, -0.25) is 0 Å². The number of carbonyl (C=O) groups is 1. The van der Waals surface area contributed by atoms with E-state index in [1.807, 2.05) is 17.5 Å². The van der Waals surface area contributed by atoms with E-state index in [4.69, 9.17) is 5.11 Å². The van der Waals surface area contributed by atoms with E-state index < -0.39 is 16.0 Å². The molecule has 6 nitrogen and oxygen atoms in total. The number of hydrogen-bond acceptors (Lipinski definition) is 5. The molecule has 0 fully saturated rings. The van der Waals surface area contributed by atoms with Gasteiger partial charge in [-0.15, -0.1) is 11.3 Å². The van der Waals surface area contributed by atoms with Crippen LogP contribution in [0.5, 0.6) is 0 Å². The highest BCUT2D eigenvalue weighted by Crippen LogP contribution is 2.20. The van der Waals surface area contributed by atoms with Gasteiger partial charge < -0.3 is 5.11 Å². The molecule has 0 amide bonds. The monoisotopic (exact) mass is 312 g/mol. The number of hydrogen-bond donors (Lipinski definition) is 2. The Balaban J connectivity index is 2.20. The van der Waals surface area contributed by atoms with E-state index in [0.717, 1.165) is 11.1 Å². The average molecular weight is 312 g/mol. The molecule has 1 unspecified atom stereocenters. The largest absolute Gasteiger partial charge is 0.478 e. The SMILES string of the molecule is CC(NS(=O)(=O)c1ccc(C(=O)O)cn1)c1cccs1. The Kier molecular flexibility index (Phi) is 4.17. The molecule has 106 valence electrons. The second-order valence-electron chi connectivity index (χ2n) is 4.05. The molecule has 2 rings (SSSR count). The van der Waals surface area contributed by atoms with Crippen LogP contribution in [0.15, 0.2) is 40.9 Å². The third kappa shape index (κ3) is 3.21. The maximum Gasteiger partial charge on any atom is 0.337 e. The summed E-state index contributed by atoms with van der Waals surface area (Å²) in [5.41, 5.74) is -0.0599. The maximum absolute atomic E-state index is 12.1. The van der Waals surface area contributed by atoms with Crippen molar-refractivity contribution in [1.29, 1.82) is 0 Å². The quantitative estimate of drug-likeness (QED) is 0.878. The topological polar surface area (TPSA) is 96.4 Å². The summed E-state index contributed by atoms with van der Waals surface area (Å²) in [4.78, 5) is 15.3. The van der Waals surface area contributed by atoms with Crippen molar-refractivity contribution in [3.63, 3.8) is 0 Å². The number of aromatic nitrogens is 1. The molecule has 2 N–H and O–H groups in total. The van der Waals surface area contributed by atoms with Gasteiger partial charge in [0.05, 0.1) is 11.6 Å². The number of sulfonamides is 1. The van der Waals surface area contributed by atoms with Crippen LogP contribution in [0.3, 0.4) is 0 Å². The van der Waals surface area contributed by atoms with Crippen LogP contribution in [0, 0.1) is 0 Å². The third-order valence-corrected chi connectivity index (χ3v) is 5.07. The van der Waals surface area contributed by atoms with Crippen molar-refractivity contribution in [1.82, 2.24) is 9.71 Å². The molecule has 2 aromatic heterocycles. The Hall–Kier alpha value is -1.77. The van der Waals surface area contributed by atoms with Gasteiger partial charge in [-0.2, -0.15) is 0 Å². The highest BCUT2D eigenvalue weighted by atomic mass is 32.2. The molecule has 2 heterocycles. The number of carboxylic acid groups (broad SMARTS) is 1. The summed E-state index contributed by atoms with van der Waals surface area (Å²) in [7, 11) is -3.78. The summed E-state index contributed by atoms with van der Waals surface area (Å²) in [5.74, 6) is -1.15. The molecule has 0 aliphatic carbocycles. The van der Waals surface area contributed by atoms with Gasteiger partial charge in [0.2, 0.25) is 0 Å². The molecule has 2 aromatic rings. The van der Waals surface area contributed by atoms with Gasteiger partial charge in [0.1, 0.15) is 0 Å². The van der Waals surface area contributed by atoms with E-state index in [0.29, 0.717) is 0 Å². The summed E-state index contributed by atoms with van der Waals surface area (Å²) in [5, 5.41) is 10.4. The van der Waals surface area contributed by atoms with E-state index in [1.54, 1.807) is 6.92 Å². The van der Waals surface area contributed by atoms with E-state index in [-0.39, 0.29) is 16.6 Å². The van der Waals surface area contributed by atoms with Crippen LogP contribution in [0.1, 0.15) is 28.2 Å². The van der Waals surface area contributed by atoms with Crippen LogP contribution in [0.2, 0.25) is 0 Å². The molecule has 20 heavy (non-hydrogen) atoms. The summed E-state index contributed by atoms with van der Waals surface area (Å²) in [6.45, 7) is 1.73. The molecule has 0 aromatic carbocycles. The molecule has 0 aliphatic rings. The van der Waals surface area contributed by atoms with Gasteiger partial charge in [0.15, 0.2) is 5.03 Å². The highest BCUT2D eigenvalue weighted by molar-refractivity contribution is 7.89. The maximum atomic E-state index is 12.1. The lowest BCUT2D eigenvalue weighted by molar-refractivity contribution is 0.0696. The number of aromatic carboxylic acids is 1. The Labute approximate surface area is 120 Å². The molecule has 1 atom stereocenters. The number of carboxylic acids is 1. The number of rotatable bonds is 5. The number of nitrogens with one attached hydrogen (secondary N) is 1. The molecule has 0 spiro atoms. The molecule has 0 saturated heterocycles. The van der Waals surface area contributed by atoms with Crippen LogP contribution >= 0.6 is 11.3 Å². The molecule has 0 aliphatic heterocycles. The highest BCUT2D eigenvalue weighted by Gasteiger charge is 2.20. The summed E-state index contributed by atoms with van der Waals surface area (Å²) >= 11 is 1.45. The summed E-state index contributed by atoms with van der Waals surface area (Å²) in [6, 6.07) is 5.68. The van der Waals surface area contributed by atoms with Gasteiger partial charge in [0.25, 0.3) is 10.0 Å². The molecule has 0 saturated carbocycles. The fourth-order valence-corrected chi connectivity index (χ4v) is 3.52. The minimum atomic E-state index is -3.78. The van der Waals surface area contributed by atoms with E-state index >= 15 is 0 Å². The fraction of sp³-hybridized carbons (Fsp3) is 0.167. The van der Waals surface area contributed by atoms with Crippen molar-refractivity contribution >= 4 is 27.3 Å². The molecule has 0 bridgehead atoms. The lowest BCUT2D eigenvalue weighted by atomic mass is 10.3. The van der Waals surface area contributed by atoms with Crippen LogP contribution < -0.4 is 4.72 Å². The molecule has 8 heteroatoms. The van der Waals surface area contributed by atoms with Gasteiger partial charge in [0, 0.05) is 11.1 Å². The van der Waals surface area contributed by atoms with E-state index in [1.165, 1.54) is 23.5 Å². The zero-order chi connectivity index (χ0) is 14.8. The second-order valence-corrected chi connectivity index (χ2v) is 6.69. The first-order chi connectivity index (χ1) is 9.40. The van der Waals surface area contributed by atoms with Gasteiger partial charge in [-0.05, 0) is 30.5 Å². The lowest BCUT2D eigenvalue weighted by Crippen LogP contribution is -2.27. The minimum absolute atomic E-state index is 0.0599. The van der Waals surface area contributed by atoms with Crippen molar-refractivity contribution in [2.75, 3.05) is 0 Å². The van der Waals surface area contributed by atoms with Crippen molar-refractivity contribution in [3.8, 4) is 0 Å². The van der Waals surface area contributed by atoms with Gasteiger partial charge in [-0.25, -0.2) is 22.9 Å². The molecule has 0 radical (unpaired) electrons. The Bertz CT molecular complexity index is 694. The van der Waals surface area contributed by atoms with Gasteiger partial charge in [-0.1, -0.05) is 6.07 Å². The second kappa shape index (κ2) is 5.70. The zero-order valence-corrected chi connectivity index (χ0v) is 12.1. The number of nitrogens with zero attached hydrogens (tertiary/aromatic N) is 1. The lowest BCUT2D eigenvalue weighted by Gasteiger charge is -2.12. The normalized spacial score (nSPS) is 13.1. The van der Waals surface area contributed by atoms with E-state index in [2.05, 4.69) is 9.71 Å². The van der Waals surface area contributed by atoms with Crippen LogP contribution in [0.4, 0.5) is 0 Å². The van der Waals surface area contributed by atoms with Gasteiger partial charge >= 0.3 is 5.97 Å². The first kappa shape index (κ1) is 14.6. The third-order valence-electron chi connectivity index (χ3n) is 2.56. The number of pyridine rings is 1. The Morgan fingerprint density at radius 3 is 2.65 bits per heavy atom. The average Bonchev–Trinajstić information content (AvgIpc) is 2.92. The minimum Gasteiger partial charge on any atom is -0.478 e. The fourth-order valence-electron chi connectivity index (χ4n) is 1.55. The first-order valence-corrected chi connectivity index (χ1v) is 8.01. The predicted octanol–water partition coefficient (Wildman–Crippen LogP) is 1.88. The Morgan fingerprint density at radius 1 is 1.40 bits per heavy atom.